The summed E-state index contributed by atoms with van der Waals surface area (Å²) in [6.07, 6.45) is 3.94. The Bertz CT molecular complexity index is 187. The Hall–Kier alpha value is -0.860. The van der Waals surface area contributed by atoms with Crippen LogP contribution in [0.5, 0.6) is 0 Å². The van der Waals surface area contributed by atoms with E-state index in [1.807, 2.05) is 6.92 Å². The molecule has 1 unspecified atom stereocenters. The number of hydrogen-bond acceptors (Lipinski definition) is 3. The first kappa shape index (κ1) is 13.1. The number of carbonyl (C=O) groups is 2. The molecule has 0 aliphatic heterocycles. The van der Waals surface area contributed by atoms with Crippen molar-refractivity contribution in [3.63, 3.8) is 0 Å². The summed E-state index contributed by atoms with van der Waals surface area (Å²) in [5.41, 5.74) is 0. The molecule has 0 aromatic heterocycles. The van der Waals surface area contributed by atoms with Crippen LogP contribution in [0.3, 0.4) is 0 Å². The third kappa shape index (κ3) is 5.73. The fraction of sp³-hybridized carbons (Fsp3) is 0.818. The number of carbonyl (C=O) groups excluding carboxylic acids is 2. The van der Waals surface area contributed by atoms with Crippen LogP contribution in [0.4, 0.5) is 0 Å². The molecule has 0 heterocycles. The van der Waals surface area contributed by atoms with E-state index in [0.29, 0.717) is 12.8 Å². The molecule has 0 N–H and O–H groups in total. The zero-order valence-electron chi connectivity index (χ0n) is 9.34. The minimum Gasteiger partial charge on any atom is -0.393 e. The van der Waals surface area contributed by atoms with Gasteiger partial charge in [-0.05, 0) is 12.8 Å². The van der Waals surface area contributed by atoms with Gasteiger partial charge in [0.15, 0.2) is 0 Å². The zero-order chi connectivity index (χ0) is 11.0. The molecule has 0 bridgehead atoms. The van der Waals surface area contributed by atoms with Gasteiger partial charge in [-0.3, -0.25) is 9.59 Å². The first-order valence-electron chi connectivity index (χ1n) is 5.36. The molecule has 3 heteroatoms. The van der Waals surface area contributed by atoms with Gasteiger partial charge in [0, 0.05) is 6.42 Å². The lowest BCUT2D eigenvalue weighted by molar-refractivity contribution is -0.162. The highest BCUT2D eigenvalue weighted by Gasteiger charge is 2.15. The fourth-order valence-corrected chi connectivity index (χ4v) is 0.950. The van der Waals surface area contributed by atoms with E-state index in [-0.39, 0.29) is 11.9 Å². The van der Waals surface area contributed by atoms with E-state index in [9.17, 15) is 9.59 Å². The van der Waals surface area contributed by atoms with E-state index in [1.165, 1.54) is 0 Å². The summed E-state index contributed by atoms with van der Waals surface area (Å²) in [7, 11) is 0. The van der Waals surface area contributed by atoms with Crippen LogP contribution < -0.4 is 0 Å². The SMILES string of the molecule is CCCCCC(=O)OC(=O)C(C)CC. The van der Waals surface area contributed by atoms with Crippen molar-refractivity contribution in [1.82, 2.24) is 0 Å². The molecule has 0 radical (unpaired) electrons. The molecule has 0 aromatic rings. The van der Waals surface area contributed by atoms with E-state index in [4.69, 9.17) is 0 Å². The van der Waals surface area contributed by atoms with Crippen molar-refractivity contribution in [3.8, 4) is 0 Å². The topological polar surface area (TPSA) is 43.4 Å². The lowest BCUT2D eigenvalue weighted by Gasteiger charge is -2.06. The molecule has 0 aliphatic carbocycles. The monoisotopic (exact) mass is 200 g/mol. The van der Waals surface area contributed by atoms with Crippen molar-refractivity contribution >= 4 is 11.9 Å². The van der Waals surface area contributed by atoms with E-state index < -0.39 is 5.97 Å². The van der Waals surface area contributed by atoms with Crippen LogP contribution in [0.15, 0.2) is 0 Å². The summed E-state index contributed by atoms with van der Waals surface area (Å²) in [4.78, 5) is 22.3. The second-order valence-corrected chi connectivity index (χ2v) is 3.56. The molecule has 3 nitrogen and oxygen atoms in total. The molecular formula is C11H20O3. The van der Waals surface area contributed by atoms with Crippen molar-refractivity contribution in [2.75, 3.05) is 0 Å². The Kier molecular flexibility index (Phi) is 7.07. The number of hydrogen-bond donors (Lipinski definition) is 0. The van der Waals surface area contributed by atoms with E-state index in [2.05, 4.69) is 11.7 Å². The summed E-state index contributed by atoms with van der Waals surface area (Å²) in [6, 6.07) is 0. The largest absolute Gasteiger partial charge is 0.393 e. The van der Waals surface area contributed by atoms with E-state index in [0.717, 1.165) is 19.3 Å². The molecule has 0 saturated heterocycles. The second kappa shape index (κ2) is 7.54. The van der Waals surface area contributed by atoms with Crippen molar-refractivity contribution in [1.29, 1.82) is 0 Å². The first-order chi connectivity index (χ1) is 6.61. The summed E-state index contributed by atoms with van der Waals surface area (Å²) in [5, 5.41) is 0. The normalized spacial score (nSPS) is 12.2. The van der Waals surface area contributed by atoms with Crippen molar-refractivity contribution in [2.45, 2.75) is 52.9 Å². The Morgan fingerprint density at radius 1 is 1.21 bits per heavy atom. The highest BCUT2D eigenvalue weighted by Crippen LogP contribution is 2.06. The smallest absolute Gasteiger partial charge is 0.316 e. The summed E-state index contributed by atoms with van der Waals surface area (Å²) >= 11 is 0. The van der Waals surface area contributed by atoms with Gasteiger partial charge in [0.05, 0.1) is 5.92 Å². The maximum absolute atomic E-state index is 11.2. The zero-order valence-corrected chi connectivity index (χ0v) is 9.34. The average molecular weight is 200 g/mol. The van der Waals surface area contributed by atoms with Gasteiger partial charge in [-0.2, -0.15) is 0 Å². The Morgan fingerprint density at radius 3 is 2.36 bits per heavy atom. The van der Waals surface area contributed by atoms with Crippen LogP contribution in [0.2, 0.25) is 0 Å². The van der Waals surface area contributed by atoms with Gasteiger partial charge in [-0.15, -0.1) is 0 Å². The van der Waals surface area contributed by atoms with Gasteiger partial charge in [0.25, 0.3) is 0 Å². The molecule has 0 spiro atoms. The van der Waals surface area contributed by atoms with Gasteiger partial charge in [0.1, 0.15) is 0 Å². The minimum atomic E-state index is -0.394. The van der Waals surface area contributed by atoms with Crippen LogP contribution in [-0.4, -0.2) is 11.9 Å². The van der Waals surface area contributed by atoms with Gasteiger partial charge in [-0.1, -0.05) is 33.6 Å². The number of esters is 2. The molecule has 0 saturated carbocycles. The third-order valence-corrected chi connectivity index (χ3v) is 2.21. The Labute approximate surface area is 85.8 Å². The fourth-order valence-electron chi connectivity index (χ4n) is 0.950. The lowest BCUT2D eigenvalue weighted by Crippen LogP contribution is -2.18. The molecule has 0 aliphatic rings. The van der Waals surface area contributed by atoms with Crippen LogP contribution in [0.1, 0.15) is 52.9 Å². The maximum atomic E-state index is 11.2. The standard InChI is InChI=1S/C11H20O3/c1-4-6-7-8-10(12)14-11(13)9(3)5-2/h9H,4-8H2,1-3H3. The van der Waals surface area contributed by atoms with Crippen LogP contribution >= 0.6 is 0 Å². The third-order valence-electron chi connectivity index (χ3n) is 2.21. The summed E-state index contributed by atoms with van der Waals surface area (Å²) in [6.45, 7) is 5.73. The van der Waals surface area contributed by atoms with Gasteiger partial charge in [-0.25, -0.2) is 0 Å². The van der Waals surface area contributed by atoms with Crippen LogP contribution in [0.25, 0.3) is 0 Å². The molecule has 0 amide bonds. The molecule has 0 rings (SSSR count). The van der Waals surface area contributed by atoms with Crippen LogP contribution in [0, 0.1) is 5.92 Å². The molecule has 14 heavy (non-hydrogen) atoms. The second-order valence-electron chi connectivity index (χ2n) is 3.56. The molecule has 0 fully saturated rings. The number of unbranched alkanes of at least 4 members (excludes halogenated alkanes) is 2. The predicted molar refractivity (Wildman–Crippen MR) is 54.7 cm³/mol. The summed E-state index contributed by atoms with van der Waals surface area (Å²) in [5.74, 6) is -0.956. The quantitative estimate of drug-likeness (QED) is 0.376. The van der Waals surface area contributed by atoms with Crippen molar-refractivity contribution in [3.05, 3.63) is 0 Å². The number of rotatable bonds is 6. The Morgan fingerprint density at radius 2 is 1.86 bits per heavy atom. The van der Waals surface area contributed by atoms with Crippen molar-refractivity contribution < 1.29 is 14.3 Å². The molecular weight excluding hydrogens is 180 g/mol. The minimum absolute atomic E-state index is 0.176. The van der Waals surface area contributed by atoms with Crippen molar-refractivity contribution in [2.24, 2.45) is 5.92 Å². The average Bonchev–Trinajstić information content (AvgIpc) is 2.16. The summed E-state index contributed by atoms with van der Waals surface area (Å²) < 4.78 is 4.67. The van der Waals surface area contributed by atoms with Gasteiger partial charge >= 0.3 is 11.9 Å². The molecule has 1 atom stereocenters. The van der Waals surface area contributed by atoms with Gasteiger partial charge < -0.3 is 4.74 Å². The molecule has 0 aromatic carbocycles. The van der Waals surface area contributed by atoms with Crippen LogP contribution in [-0.2, 0) is 14.3 Å². The lowest BCUT2D eigenvalue weighted by atomic mass is 10.1. The highest BCUT2D eigenvalue weighted by atomic mass is 16.6. The van der Waals surface area contributed by atoms with E-state index >= 15 is 0 Å². The Balaban J connectivity index is 3.66. The highest BCUT2D eigenvalue weighted by molar-refractivity contribution is 5.86. The van der Waals surface area contributed by atoms with Gasteiger partial charge in [0.2, 0.25) is 0 Å². The first-order valence-corrected chi connectivity index (χ1v) is 5.36. The van der Waals surface area contributed by atoms with E-state index in [1.54, 1.807) is 6.92 Å². The molecule has 82 valence electrons. The predicted octanol–water partition coefficient (Wildman–Crippen LogP) is 2.68. The number of ether oxygens (including phenoxy) is 1. The maximum Gasteiger partial charge on any atom is 0.316 e.